The molecule has 2 bridgehead atoms. The maximum absolute atomic E-state index is 6.56. The lowest BCUT2D eigenvalue weighted by atomic mass is 9.08. The molecule has 2 nitrogen and oxygen atoms in total. The molecule has 2 aromatic rings. The molecule has 3 heterocycles. The van der Waals surface area contributed by atoms with E-state index in [0.717, 1.165) is 5.02 Å². The molecular weight excluding hydrogens is 397 g/mol. The molecule has 0 amide bonds. The minimum absolute atomic E-state index is 0.638. The van der Waals surface area contributed by atoms with E-state index in [9.17, 15) is 0 Å². The highest BCUT2D eigenvalue weighted by molar-refractivity contribution is 6.97. The average Bonchev–Trinajstić information content (AvgIpc) is 2.84. The number of nitrogens with zero attached hydrogens (tertiary/aromatic N) is 2. The van der Waals surface area contributed by atoms with E-state index in [2.05, 4.69) is 47.4 Å². The van der Waals surface area contributed by atoms with Crippen molar-refractivity contribution in [2.75, 3.05) is 0 Å². The van der Waals surface area contributed by atoms with Gasteiger partial charge in [-0.05, 0) is 40.9 Å². The third-order valence-electron chi connectivity index (χ3n) is 7.23. The molecule has 1 aromatic heterocycles. The van der Waals surface area contributed by atoms with Gasteiger partial charge in [0.2, 0.25) is 0 Å². The first kappa shape index (κ1) is 19.4. The molecule has 4 rings (SSSR count). The standard InChI is InChI=1S/C21H26BCl3N2/c1-26-19(24)20(25)27(2)21(26)22(14-13-15-9-11-18(23)12-10-15)16-5-3-6-17(22)8-4-7-16/h9-14,16-17H,3-8H2,1-2H3/b14-13-. The Balaban J connectivity index is 1.89. The van der Waals surface area contributed by atoms with Crippen LogP contribution in [-0.4, -0.2) is 10.7 Å². The molecule has 2 aliphatic heterocycles. The van der Waals surface area contributed by atoms with E-state index in [4.69, 9.17) is 34.8 Å². The molecule has 144 valence electrons. The first-order valence-electron chi connectivity index (χ1n) is 9.97. The fraction of sp³-hybridized carbons (Fsp3) is 0.476. The topological polar surface area (TPSA) is 8.81 Å². The van der Waals surface area contributed by atoms with E-state index in [1.807, 2.05) is 12.1 Å². The van der Waals surface area contributed by atoms with E-state index in [1.54, 1.807) is 0 Å². The van der Waals surface area contributed by atoms with Gasteiger partial charge in [0.25, 0.3) is 10.3 Å². The van der Waals surface area contributed by atoms with Crippen LogP contribution in [0.3, 0.4) is 0 Å². The van der Waals surface area contributed by atoms with Crippen molar-refractivity contribution < 1.29 is 4.57 Å². The van der Waals surface area contributed by atoms with Crippen LogP contribution in [0, 0.1) is 0 Å². The fourth-order valence-electron chi connectivity index (χ4n) is 6.10. The molecular formula is C21H26BCl3N2. The van der Waals surface area contributed by atoms with Crippen LogP contribution >= 0.6 is 34.8 Å². The van der Waals surface area contributed by atoms with Crippen LogP contribution in [0.4, 0.5) is 0 Å². The number of rotatable bonds is 3. The zero-order chi connectivity index (χ0) is 19.2. The quantitative estimate of drug-likeness (QED) is 0.434. The van der Waals surface area contributed by atoms with Crippen LogP contribution in [0.1, 0.15) is 44.1 Å². The molecule has 2 aliphatic rings. The summed E-state index contributed by atoms with van der Waals surface area (Å²) in [4.78, 5) is 0. The van der Waals surface area contributed by atoms with Gasteiger partial charge >= 0.3 is 0 Å². The second kappa shape index (κ2) is 7.50. The lowest BCUT2D eigenvalue weighted by Crippen LogP contribution is -2.69. The van der Waals surface area contributed by atoms with Gasteiger partial charge in [0.1, 0.15) is 6.15 Å². The summed E-state index contributed by atoms with van der Waals surface area (Å²) in [5.74, 6) is 3.89. The van der Waals surface area contributed by atoms with Gasteiger partial charge in [-0.3, -0.25) is 9.13 Å². The Bertz CT molecular complexity index is 825. The highest BCUT2D eigenvalue weighted by Gasteiger charge is 2.50. The zero-order valence-corrected chi connectivity index (χ0v) is 18.2. The van der Waals surface area contributed by atoms with Crippen molar-refractivity contribution >= 4 is 52.7 Å². The maximum Gasteiger partial charge on any atom is 0.252 e. The van der Waals surface area contributed by atoms with Crippen LogP contribution in [0.2, 0.25) is 27.0 Å². The Labute approximate surface area is 177 Å². The SMILES string of the molecule is Cn1c(Cl)c(Cl)[n+](C)c1[B-]1(/C=C\c2ccc(Cl)cc2)C2CCCC1CCC2. The van der Waals surface area contributed by atoms with Crippen LogP contribution in [0.5, 0.6) is 0 Å². The van der Waals surface area contributed by atoms with Gasteiger partial charge in [0, 0.05) is 5.02 Å². The number of hydrogen-bond donors (Lipinski definition) is 0. The first-order chi connectivity index (χ1) is 12.9. The molecule has 0 radical (unpaired) electrons. The van der Waals surface area contributed by atoms with E-state index in [1.165, 1.54) is 49.8 Å². The van der Waals surface area contributed by atoms with Gasteiger partial charge < -0.3 is 0 Å². The maximum atomic E-state index is 6.56. The monoisotopic (exact) mass is 422 g/mol. The van der Waals surface area contributed by atoms with Crippen molar-refractivity contribution in [2.45, 2.75) is 50.2 Å². The van der Waals surface area contributed by atoms with Gasteiger partial charge in [-0.25, -0.2) is 5.98 Å². The molecule has 27 heavy (non-hydrogen) atoms. The van der Waals surface area contributed by atoms with Crippen LogP contribution in [0.15, 0.2) is 30.2 Å². The van der Waals surface area contributed by atoms with Crippen molar-refractivity contribution in [3.63, 3.8) is 0 Å². The predicted octanol–water partition coefficient (Wildman–Crippen LogP) is 5.83. The van der Waals surface area contributed by atoms with Gasteiger partial charge in [-0.1, -0.05) is 68.3 Å². The number of aromatic nitrogens is 2. The molecule has 0 N–H and O–H groups in total. The Morgan fingerprint density at radius 2 is 1.56 bits per heavy atom. The Morgan fingerprint density at radius 1 is 1.00 bits per heavy atom. The fourth-order valence-corrected chi connectivity index (χ4v) is 6.65. The van der Waals surface area contributed by atoms with Crippen molar-refractivity contribution in [1.29, 1.82) is 0 Å². The smallest absolute Gasteiger partial charge is 0.252 e. The average molecular weight is 424 g/mol. The number of imidazole rings is 1. The summed E-state index contributed by atoms with van der Waals surface area (Å²) in [6.07, 6.45) is 9.24. The van der Waals surface area contributed by atoms with E-state index >= 15 is 0 Å². The Hall–Kier alpha value is -0.895. The van der Waals surface area contributed by atoms with Crippen molar-refractivity contribution in [2.24, 2.45) is 14.1 Å². The summed E-state index contributed by atoms with van der Waals surface area (Å²) >= 11 is 19.2. The number of hydrogen-bond acceptors (Lipinski definition) is 0. The van der Waals surface area contributed by atoms with Crippen molar-refractivity contribution in [3.8, 4) is 0 Å². The van der Waals surface area contributed by atoms with Crippen LogP contribution in [0.25, 0.3) is 6.08 Å². The molecule has 0 aliphatic carbocycles. The summed E-state index contributed by atoms with van der Waals surface area (Å²) in [5, 5.41) is 2.05. The third kappa shape index (κ3) is 3.16. The molecule has 1 aromatic carbocycles. The third-order valence-corrected chi connectivity index (χ3v) is 8.44. The minimum Gasteiger partial charge on any atom is -0.256 e. The Morgan fingerprint density at radius 3 is 2.04 bits per heavy atom. The van der Waals surface area contributed by atoms with Gasteiger partial charge in [0.05, 0.1) is 19.8 Å². The van der Waals surface area contributed by atoms with Crippen molar-refractivity contribution in [1.82, 2.24) is 4.57 Å². The second-order valence-corrected chi connectivity index (χ2v) is 9.58. The summed E-state index contributed by atoms with van der Waals surface area (Å²) in [6.45, 7) is 0. The minimum atomic E-state index is -0.898. The molecule has 0 atom stereocenters. The summed E-state index contributed by atoms with van der Waals surface area (Å²) in [7, 11) is 4.13. The van der Waals surface area contributed by atoms with E-state index < -0.39 is 6.15 Å². The molecule has 2 fully saturated rings. The largest absolute Gasteiger partial charge is 0.256 e. The predicted molar refractivity (Wildman–Crippen MR) is 118 cm³/mol. The number of fused-ring (bicyclic) bond motifs is 2. The van der Waals surface area contributed by atoms with Crippen LogP contribution < -0.4 is 10.3 Å². The van der Waals surface area contributed by atoms with E-state index in [-0.39, 0.29) is 0 Å². The van der Waals surface area contributed by atoms with Crippen LogP contribution in [-0.2, 0) is 14.1 Å². The molecule has 0 unspecified atom stereocenters. The highest BCUT2D eigenvalue weighted by atomic mass is 35.5. The summed E-state index contributed by atoms with van der Waals surface area (Å²) in [5.41, 5.74) is 2.49. The van der Waals surface area contributed by atoms with Gasteiger partial charge in [-0.15, -0.1) is 0 Å². The number of benzene rings is 1. The molecule has 0 spiro atoms. The first-order valence-corrected chi connectivity index (χ1v) is 11.1. The highest BCUT2D eigenvalue weighted by Crippen LogP contribution is 2.53. The lowest BCUT2D eigenvalue weighted by Gasteiger charge is -2.55. The van der Waals surface area contributed by atoms with E-state index in [0.29, 0.717) is 21.9 Å². The lowest BCUT2D eigenvalue weighted by molar-refractivity contribution is -0.651. The summed E-state index contributed by atoms with van der Waals surface area (Å²) in [6, 6.07) is 8.09. The summed E-state index contributed by atoms with van der Waals surface area (Å²) < 4.78 is 4.26. The van der Waals surface area contributed by atoms with Gasteiger partial charge in [0.15, 0.2) is 0 Å². The van der Waals surface area contributed by atoms with Crippen molar-refractivity contribution in [3.05, 3.63) is 51.1 Å². The normalized spacial score (nSPS) is 28.0. The molecule has 0 saturated carbocycles. The molecule has 2 saturated heterocycles. The van der Waals surface area contributed by atoms with Gasteiger partial charge in [-0.2, -0.15) is 11.6 Å². The molecule has 6 heteroatoms. The Kier molecular flexibility index (Phi) is 5.39. The second-order valence-electron chi connectivity index (χ2n) is 8.43. The zero-order valence-electron chi connectivity index (χ0n) is 16.0. The number of halogens is 3.